The normalized spacial score (nSPS) is 12.7. The number of halogens is 1. The van der Waals surface area contributed by atoms with Gasteiger partial charge in [0, 0.05) is 10.9 Å². The molecule has 2 rings (SSSR count). The molecule has 0 aliphatic rings. The van der Waals surface area contributed by atoms with Gasteiger partial charge >= 0.3 is 0 Å². The molecule has 19 heavy (non-hydrogen) atoms. The predicted octanol–water partition coefficient (Wildman–Crippen LogP) is 3.99. The molecule has 1 aromatic carbocycles. The summed E-state index contributed by atoms with van der Waals surface area (Å²) in [5.74, 6) is 0.840. The molecule has 0 saturated heterocycles. The van der Waals surface area contributed by atoms with E-state index in [1.165, 1.54) is 11.8 Å². The van der Waals surface area contributed by atoms with E-state index in [9.17, 15) is 0 Å². The molecule has 0 radical (unpaired) electrons. The van der Waals surface area contributed by atoms with Crippen molar-refractivity contribution in [1.82, 2.24) is 4.98 Å². The Morgan fingerprint density at radius 1 is 1.42 bits per heavy atom. The van der Waals surface area contributed by atoms with Crippen LogP contribution in [0.1, 0.15) is 23.9 Å². The van der Waals surface area contributed by atoms with Crippen LogP contribution in [0.3, 0.4) is 0 Å². The van der Waals surface area contributed by atoms with Crippen molar-refractivity contribution in [3.05, 3.63) is 40.2 Å². The summed E-state index contributed by atoms with van der Waals surface area (Å²) in [6.07, 6.45) is 0.821. The van der Waals surface area contributed by atoms with E-state index in [2.05, 4.69) is 4.98 Å². The Morgan fingerprint density at radius 3 is 2.68 bits per heavy atom. The summed E-state index contributed by atoms with van der Waals surface area (Å²) >= 11 is 7.71. The SMILES string of the molecule is Cc1nc(Sc2ccc(CC(C)N)cc2Cl)oc1C. The van der Waals surface area contributed by atoms with Crippen LogP contribution in [0.15, 0.2) is 32.7 Å². The van der Waals surface area contributed by atoms with Crippen LogP contribution in [0.5, 0.6) is 0 Å². The Kier molecular flexibility index (Phi) is 4.55. The van der Waals surface area contributed by atoms with Crippen molar-refractivity contribution in [2.24, 2.45) is 5.73 Å². The summed E-state index contributed by atoms with van der Waals surface area (Å²) < 4.78 is 5.54. The summed E-state index contributed by atoms with van der Waals surface area (Å²) in [5.41, 5.74) is 7.83. The first-order valence-corrected chi connectivity index (χ1v) is 7.31. The van der Waals surface area contributed by atoms with Gasteiger partial charge in [-0.1, -0.05) is 17.7 Å². The highest BCUT2D eigenvalue weighted by Crippen LogP contribution is 2.34. The van der Waals surface area contributed by atoms with Gasteiger partial charge in [-0.2, -0.15) is 0 Å². The van der Waals surface area contributed by atoms with Crippen molar-refractivity contribution in [3.63, 3.8) is 0 Å². The van der Waals surface area contributed by atoms with E-state index in [1.807, 2.05) is 39.0 Å². The number of aryl methyl sites for hydroxylation is 2. The average Bonchev–Trinajstić information content (AvgIpc) is 2.61. The zero-order chi connectivity index (χ0) is 14.0. The number of benzene rings is 1. The highest BCUT2D eigenvalue weighted by Gasteiger charge is 2.10. The van der Waals surface area contributed by atoms with Crippen molar-refractivity contribution in [1.29, 1.82) is 0 Å². The van der Waals surface area contributed by atoms with E-state index in [0.717, 1.165) is 28.3 Å². The number of hydrogen-bond acceptors (Lipinski definition) is 4. The Labute approximate surface area is 122 Å². The van der Waals surface area contributed by atoms with Gasteiger partial charge in [0.25, 0.3) is 5.22 Å². The first kappa shape index (κ1) is 14.4. The Hall–Kier alpha value is -0.970. The van der Waals surface area contributed by atoms with Crippen molar-refractivity contribution in [3.8, 4) is 0 Å². The van der Waals surface area contributed by atoms with Gasteiger partial charge in [0.05, 0.1) is 10.7 Å². The quantitative estimate of drug-likeness (QED) is 0.927. The molecule has 1 heterocycles. The van der Waals surface area contributed by atoms with Crippen LogP contribution >= 0.6 is 23.4 Å². The van der Waals surface area contributed by atoms with Gasteiger partial charge < -0.3 is 10.2 Å². The molecule has 2 N–H and O–H groups in total. The van der Waals surface area contributed by atoms with E-state index in [4.69, 9.17) is 21.8 Å². The molecule has 0 aliphatic carbocycles. The summed E-state index contributed by atoms with van der Waals surface area (Å²) in [6, 6.07) is 6.11. The molecule has 1 unspecified atom stereocenters. The minimum absolute atomic E-state index is 0.131. The molecule has 0 saturated carbocycles. The van der Waals surface area contributed by atoms with E-state index in [0.29, 0.717) is 10.2 Å². The maximum Gasteiger partial charge on any atom is 0.261 e. The number of nitrogens with two attached hydrogens (primary N) is 1. The number of hydrogen-bond donors (Lipinski definition) is 1. The molecule has 102 valence electrons. The van der Waals surface area contributed by atoms with E-state index < -0.39 is 0 Å². The van der Waals surface area contributed by atoms with Crippen LogP contribution in [-0.2, 0) is 6.42 Å². The fourth-order valence-electron chi connectivity index (χ4n) is 1.71. The van der Waals surface area contributed by atoms with Crippen molar-refractivity contribution >= 4 is 23.4 Å². The molecule has 1 atom stereocenters. The summed E-state index contributed by atoms with van der Waals surface area (Å²) in [6.45, 7) is 5.81. The van der Waals surface area contributed by atoms with E-state index in [1.54, 1.807) is 0 Å². The number of nitrogens with zero attached hydrogens (tertiary/aromatic N) is 1. The zero-order valence-electron chi connectivity index (χ0n) is 11.2. The van der Waals surface area contributed by atoms with Crippen LogP contribution < -0.4 is 5.73 Å². The first-order valence-electron chi connectivity index (χ1n) is 6.11. The summed E-state index contributed by atoms with van der Waals surface area (Å²) in [5, 5.41) is 1.33. The Bertz CT molecular complexity index is 561. The zero-order valence-corrected chi connectivity index (χ0v) is 12.8. The largest absolute Gasteiger partial charge is 0.436 e. The highest BCUT2D eigenvalue weighted by molar-refractivity contribution is 7.99. The van der Waals surface area contributed by atoms with Gasteiger partial charge in [0.1, 0.15) is 5.76 Å². The average molecular weight is 297 g/mol. The third-order valence-electron chi connectivity index (χ3n) is 2.76. The fraction of sp³-hybridized carbons (Fsp3) is 0.357. The van der Waals surface area contributed by atoms with Gasteiger partial charge in [0.2, 0.25) is 0 Å². The summed E-state index contributed by atoms with van der Waals surface area (Å²) in [4.78, 5) is 5.28. The fourth-order valence-corrected chi connectivity index (χ4v) is 2.86. The molecule has 3 nitrogen and oxygen atoms in total. The molecule has 5 heteroatoms. The van der Waals surface area contributed by atoms with Crippen LogP contribution in [0.4, 0.5) is 0 Å². The number of oxazole rings is 1. The van der Waals surface area contributed by atoms with Gasteiger partial charge in [-0.05, 0) is 56.7 Å². The van der Waals surface area contributed by atoms with Crippen LogP contribution in [0.2, 0.25) is 5.02 Å². The lowest BCUT2D eigenvalue weighted by Gasteiger charge is -2.07. The second-order valence-corrected chi connectivity index (χ2v) is 6.07. The first-order chi connectivity index (χ1) is 8.95. The minimum Gasteiger partial charge on any atom is -0.436 e. The van der Waals surface area contributed by atoms with Crippen molar-refractivity contribution < 1.29 is 4.42 Å². The lowest BCUT2D eigenvalue weighted by molar-refractivity contribution is 0.431. The molecule has 2 aromatic rings. The van der Waals surface area contributed by atoms with Crippen LogP contribution in [0.25, 0.3) is 0 Å². The number of rotatable bonds is 4. The van der Waals surface area contributed by atoms with Crippen LogP contribution in [-0.4, -0.2) is 11.0 Å². The van der Waals surface area contributed by atoms with Gasteiger partial charge in [-0.3, -0.25) is 0 Å². The molecule has 0 bridgehead atoms. The molecule has 0 aliphatic heterocycles. The van der Waals surface area contributed by atoms with E-state index in [-0.39, 0.29) is 6.04 Å². The predicted molar refractivity (Wildman–Crippen MR) is 78.9 cm³/mol. The third kappa shape index (κ3) is 3.75. The lowest BCUT2D eigenvalue weighted by Crippen LogP contribution is -2.17. The van der Waals surface area contributed by atoms with Gasteiger partial charge in [-0.25, -0.2) is 4.98 Å². The molecular formula is C14H17ClN2OS. The standard InChI is InChI=1S/C14H17ClN2OS/c1-8(16)6-11-4-5-13(12(15)7-11)19-14-17-9(2)10(3)18-14/h4-5,7-8H,6,16H2,1-3H3. The Balaban J connectivity index is 2.17. The maximum absolute atomic E-state index is 6.28. The molecule has 1 aromatic heterocycles. The second-order valence-electron chi connectivity index (χ2n) is 4.67. The van der Waals surface area contributed by atoms with Crippen molar-refractivity contribution in [2.45, 2.75) is 43.4 Å². The molecule has 0 fully saturated rings. The maximum atomic E-state index is 6.28. The monoisotopic (exact) mass is 296 g/mol. The molecular weight excluding hydrogens is 280 g/mol. The second kappa shape index (κ2) is 5.99. The topological polar surface area (TPSA) is 52.0 Å². The van der Waals surface area contributed by atoms with Crippen molar-refractivity contribution in [2.75, 3.05) is 0 Å². The lowest BCUT2D eigenvalue weighted by atomic mass is 10.1. The smallest absolute Gasteiger partial charge is 0.261 e. The number of aromatic nitrogens is 1. The molecule has 0 amide bonds. The van der Waals surface area contributed by atoms with Gasteiger partial charge in [0.15, 0.2) is 0 Å². The summed E-state index contributed by atoms with van der Waals surface area (Å²) in [7, 11) is 0. The molecule has 0 spiro atoms. The van der Waals surface area contributed by atoms with Gasteiger partial charge in [-0.15, -0.1) is 0 Å². The van der Waals surface area contributed by atoms with E-state index >= 15 is 0 Å². The minimum atomic E-state index is 0.131. The third-order valence-corrected chi connectivity index (χ3v) is 4.11. The highest BCUT2D eigenvalue weighted by atomic mass is 35.5. The Morgan fingerprint density at radius 2 is 2.16 bits per heavy atom. The van der Waals surface area contributed by atoms with Crippen LogP contribution in [0, 0.1) is 13.8 Å².